The van der Waals surface area contributed by atoms with Gasteiger partial charge in [-0.2, -0.15) is 5.26 Å². The van der Waals surface area contributed by atoms with Crippen molar-refractivity contribution in [1.29, 1.82) is 5.26 Å². The Morgan fingerprint density at radius 2 is 1.95 bits per heavy atom. The second-order valence-corrected chi connectivity index (χ2v) is 5.16. The normalized spacial score (nSPS) is 20.5. The number of anilines is 1. The van der Waals surface area contributed by atoms with Crippen LogP contribution in [0.1, 0.15) is 43.1 Å². The molecular weight excluding hydrogens is 240 g/mol. The van der Waals surface area contributed by atoms with Crippen molar-refractivity contribution in [2.24, 2.45) is 0 Å². The minimum absolute atomic E-state index is 0.336. The summed E-state index contributed by atoms with van der Waals surface area (Å²) in [5.41, 5.74) is 0.485. The van der Waals surface area contributed by atoms with E-state index in [4.69, 9.17) is 15.0 Å². The average Bonchev–Trinajstić information content (AvgIpc) is 3.02. The molecule has 1 aromatic heterocycles. The van der Waals surface area contributed by atoms with Crippen molar-refractivity contribution in [3.05, 3.63) is 17.6 Å². The van der Waals surface area contributed by atoms with Crippen LogP contribution in [0, 0.1) is 11.3 Å². The summed E-state index contributed by atoms with van der Waals surface area (Å²) in [4.78, 5) is 11.3. The summed E-state index contributed by atoms with van der Waals surface area (Å²) in [6.07, 6.45) is 4.32. The smallest absolute Gasteiger partial charge is 0.146 e. The second-order valence-electron chi connectivity index (χ2n) is 5.16. The van der Waals surface area contributed by atoms with E-state index in [2.05, 4.69) is 16.0 Å². The standard InChI is InChI=1S/C14H18N4O/c15-10-12-9-13(18-5-1-2-6-18)17-14(16-12)11-3-7-19-8-4-11/h9,11H,1-8H2. The quantitative estimate of drug-likeness (QED) is 0.810. The SMILES string of the molecule is N#Cc1cc(N2CCCC2)nc(C2CCOCC2)n1. The summed E-state index contributed by atoms with van der Waals surface area (Å²) in [6, 6.07) is 3.97. The number of hydrogen-bond donors (Lipinski definition) is 0. The van der Waals surface area contributed by atoms with Crippen LogP contribution >= 0.6 is 0 Å². The van der Waals surface area contributed by atoms with Crippen LogP contribution in [0.2, 0.25) is 0 Å². The van der Waals surface area contributed by atoms with Gasteiger partial charge in [-0.1, -0.05) is 0 Å². The molecule has 2 aliphatic rings. The van der Waals surface area contributed by atoms with Gasteiger partial charge in [0.1, 0.15) is 23.4 Å². The Labute approximate surface area is 113 Å². The second kappa shape index (κ2) is 5.54. The van der Waals surface area contributed by atoms with Gasteiger partial charge in [0.25, 0.3) is 0 Å². The predicted octanol–water partition coefficient (Wildman–Crippen LogP) is 1.84. The van der Waals surface area contributed by atoms with Crippen LogP contribution in [-0.2, 0) is 4.74 Å². The lowest BCUT2D eigenvalue weighted by atomic mass is 9.99. The van der Waals surface area contributed by atoms with E-state index < -0.39 is 0 Å². The number of nitriles is 1. The topological polar surface area (TPSA) is 62.0 Å². The Morgan fingerprint density at radius 3 is 2.63 bits per heavy atom. The molecule has 1 aromatic rings. The highest BCUT2D eigenvalue weighted by Crippen LogP contribution is 2.27. The predicted molar refractivity (Wildman–Crippen MR) is 71.0 cm³/mol. The molecule has 2 fully saturated rings. The zero-order chi connectivity index (χ0) is 13.1. The maximum Gasteiger partial charge on any atom is 0.146 e. The van der Waals surface area contributed by atoms with Gasteiger partial charge in [0.2, 0.25) is 0 Å². The third-order valence-corrected chi connectivity index (χ3v) is 3.86. The van der Waals surface area contributed by atoms with E-state index in [-0.39, 0.29) is 0 Å². The van der Waals surface area contributed by atoms with Gasteiger partial charge in [-0.05, 0) is 25.7 Å². The van der Waals surface area contributed by atoms with Crippen LogP contribution in [0.4, 0.5) is 5.82 Å². The molecule has 0 saturated carbocycles. The lowest BCUT2D eigenvalue weighted by molar-refractivity contribution is 0.0836. The molecule has 5 heteroatoms. The van der Waals surface area contributed by atoms with Crippen molar-refractivity contribution < 1.29 is 4.74 Å². The van der Waals surface area contributed by atoms with E-state index in [9.17, 15) is 0 Å². The first-order valence-corrected chi connectivity index (χ1v) is 6.98. The fourth-order valence-electron chi connectivity index (χ4n) is 2.76. The molecule has 3 heterocycles. The third-order valence-electron chi connectivity index (χ3n) is 3.86. The largest absolute Gasteiger partial charge is 0.381 e. The highest BCUT2D eigenvalue weighted by atomic mass is 16.5. The Bertz CT molecular complexity index is 485. The van der Waals surface area contributed by atoms with E-state index in [1.807, 2.05) is 6.07 Å². The van der Waals surface area contributed by atoms with Crippen LogP contribution in [0.25, 0.3) is 0 Å². The molecule has 0 unspecified atom stereocenters. The van der Waals surface area contributed by atoms with E-state index in [0.29, 0.717) is 11.6 Å². The molecule has 0 bridgehead atoms. The first-order chi connectivity index (χ1) is 9.36. The minimum Gasteiger partial charge on any atom is -0.381 e. The monoisotopic (exact) mass is 258 g/mol. The van der Waals surface area contributed by atoms with E-state index in [1.165, 1.54) is 12.8 Å². The zero-order valence-corrected chi connectivity index (χ0v) is 11.0. The van der Waals surface area contributed by atoms with Gasteiger partial charge in [-0.3, -0.25) is 0 Å². The van der Waals surface area contributed by atoms with Crippen molar-refractivity contribution in [2.45, 2.75) is 31.6 Å². The van der Waals surface area contributed by atoms with Crippen molar-refractivity contribution in [1.82, 2.24) is 9.97 Å². The number of ether oxygens (including phenoxy) is 1. The molecule has 0 aliphatic carbocycles. The highest BCUT2D eigenvalue weighted by molar-refractivity contribution is 5.44. The molecule has 0 spiro atoms. The van der Waals surface area contributed by atoms with Gasteiger partial charge in [-0.25, -0.2) is 9.97 Å². The molecule has 2 saturated heterocycles. The van der Waals surface area contributed by atoms with Gasteiger partial charge >= 0.3 is 0 Å². The van der Waals surface area contributed by atoms with E-state index in [0.717, 1.165) is 50.8 Å². The molecule has 0 aromatic carbocycles. The summed E-state index contributed by atoms with van der Waals surface area (Å²) in [5.74, 6) is 2.08. The summed E-state index contributed by atoms with van der Waals surface area (Å²) >= 11 is 0. The van der Waals surface area contributed by atoms with E-state index in [1.54, 1.807) is 0 Å². The summed E-state index contributed by atoms with van der Waals surface area (Å²) in [7, 11) is 0. The van der Waals surface area contributed by atoms with Crippen molar-refractivity contribution in [3.63, 3.8) is 0 Å². The van der Waals surface area contributed by atoms with Crippen molar-refractivity contribution in [3.8, 4) is 6.07 Å². The van der Waals surface area contributed by atoms with Crippen molar-refractivity contribution in [2.75, 3.05) is 31.2 Å². The number of rotatable bonds is 2. The number of hydrogen-bond acceptors (Lipinski definition) is 5. The molecular formula is C14H18N4O. The summed E-state index contributed by atoms with van der Waals surface area (Å²) < 4.78 is 5.38. The zero-order valence-electron chi connectivity index (χ0n) is 11.0. The van der Waals surface area contributed by atoms with Gasteiger partial charge in [0.05, 0.1) is 0 Å². The average molecular weight is 258 g/mol. The van der Waals surface area contributed by atoms with Gasteiger partial charge in [0, 0.05) is 38.3 Å². The van der Waals surface area contributed by atoms with Gasteiger partial charge < -0.3 is 9.64 Å². The number of nitrogens with zero attached hydrogens (tertiary/aromatic N) is 4. The van der Waals surface area contributed by atoms with Crippen LogP contribution in [0.3, 0.4) is 0 Å². The molecule has 5 nitrogen and oxygen atoms in total. The summed E-state index contributed by atoms with van der Waals surface area (Å²) in [5, 5.41) is 9.14. The van der Waals surface area contributed by atoms with Crippen molar-refractivity contribution >= 4 is 5.82 Å². The van der Waals surface area contributed by atoms with Crippen LogP contribution < -0.4 is 4.90 Å². The first kappa shape index (κ1) is 12.4. The van der Waals surface area contributed by atoms with Gasteiger partial charge in [0.15, 0.2) is 0 Å². The number of aromatic nitrogens is 2. The Morgan fingerprint density at radius 1 is 1.21 bits per heavy atom. The van der Waals surface area contributed by atoms with Gasteiger partial charge in [-0.15, -0.1) is 0 Å². The lowest BCUT2D eigenvalue weighted by Crippen LogP contribution is -2.22. The Kier molecular flexibility index (Phi) is 3.60. The fourth-order valence-corrected chi connectivity index (χ4v) is 2.76. The highest BCUT2D eigenvalue weighted by Gasteiger charge is 2.22. The maximum atomic E-state index is 9.14. The molecule has 3 rings (SSSR count). The lowest BCUT2D eigenvalue weighted by Gasteiger charge is -2.23. The molecule has 0 amide bonds. The first-order valence-electron chi connectivity index (χ1n) is 6.98. The third kappa shape index (κ3) is 2.69. The fraction of sp³-hybridized carbons (Fsp3) is 0.643. The van der Waals surface area contributed by atoms with Crippen LogP contribution in [0.5, 0.6) is 0 Å². The minimum atomic E-state index is 0.336. The van der Waals surface area contributed by atoms with Crippen LogP contribution in [-0.4, -0.2) is 36.3 Å². The molecule has 0 atom stereocenters. The maximum absolute atomic E-state index is 9.14. The Balaban J connectivity index is 1.90. The molecule has 0 N–H and O–H groups in total. The van der Waals surface area contributed by atoms with E-state index >= 15 is 0 Å². The molecule has 2 aliphatic heterocycles. The molecule has 19 heavy (non-hydrogen) atoms. The molecule has 100 valence electrons. The van der Waals surface area contributed by atoms with Crippen LogP contribution in [0.15, 0.2) is 6.07 Å². The molecule has 0 radical (unpaired) electrons. The summed E-state index contributed by atoms with van der Waals surface area (Å²) in [6.45, 7) is 3.61. The Hall–Kier alpha value is -1.67.